The molecule has 0 aliphatic carbocycles. The van der Waals surface area contributed by atoms with Crippen molar-refractivity contribution in [2.24, 2.45) is 5.41 Å². The lowest BCUT2D eigenvalue weighted by molar-refractivity contribution is -0.128. The summed E-state index contributed by atoms with van der Waals surface area (Å²) in [5, 5.41) is 0. The van der Waals surface area contributed by atoms with Crippen molar-refractivity contribution in [1.82, 2.24) is 4.98 Å². The summed E-state index contributed by atoms with van der Waals surface area (Å²) >= 11 is 0. The Morgan fingerprint density at radius 1 is 1.42 bits per heavy atom. The van der Waals surface area contributed by atoms with Gasteiger partial charge in [-0.25, -0.2) is 4.98 Å². The summed E-state index contributed by atoms with van der Waals surface area (Å²) in [7, 11) is 0. The van der Waals surface area contributed by atoms with Crippen LogP contribution < -0.4 is 10.5 Å². The molecule has 0 aliphatic rings. The molecule has 0 aliphatic heterocycles. The summed E-state index contributed by atoms with van der Waals surface area (Å²) in [6.07, 6.45) is 1.87. The first-order valence-electron chi connectivity index (χ1n) is 6.67. The summed E-state index contributed by atoms with van der Waals surface area (Å²) in [5.74, 6) is 1.18. The number of Topliss-reactive ketones (excluding diaryl/α,β-unsaturated/α-hetero) is 1. The van der Waals surface area contributed by atoms with Crippen molar-refractivity contribution >= 4 is 11.6 Å². The molecule has 2 N–H and O–H groups in total. The number of carbonyl (C=O) groups excluding carboxylic acids is 1. The number of aryl methyl sites for hydroxylation is 1. The van der Waals surface area contributed by atoms with E-state index in [2.05, 4.69) is 11.9 Å². The van der Waals surface area contributed by atoms with Crippen LogP contribution in [0.5, 0.6) is 5.75 Å². The van der Waals surface area contributed by atoms with Gasteiger partial charge in [-0.05, 0) is 13.3 Å². The number of ether oxygens (including phenoxy) is 1. The molecule has 0 spiro atoms. The zero-order valence-corrected chi connectivity index (χ0v) is 12.5. The molecule has 0 radical (unpaired) electrons. The highest BCUT2D eigenvalue weighted by molar-refractivity contribution is 5.85. The third kappa shape index (κ3) is 4.23. The van der Waals surface area contributed by atoms with E-state index in [4.69, 9.17) is 10.5 Å². The Morgan fingerprint density at radius 2 is 2.05 bits per heavy atom. The quantitative estimate of drug-likeness (QED) is 0.888. The van der Waals surface area contributed by atoms with E-state index in [9.17, 15) is 4.79 Å². The minimum Gasteiger partial charge on any atom is -0.485 e. The molecule has 0 saturated carbocycles. The van der Waals surface area contributed by atoms with Crippen LogP contribution in [0.1, 0.15) is 45.4 Å². The van der Waals surface area contributed by atoms with Gasteiger partial charge in [-0.15, -0.1) is 0 Å². The first-order chi connectivity index (χ1) is 8.75. The van der Waals surface area contributed by atoms with Crippen LogP contribution in [0.3, 0.4) is 0 Å². The van der Waals surface area contributed by atoms with Gasteiger partial charge >= 0.3 is 0 Å². The van der Waals surface area contributed by atoms with Crippen LogP contribution in [0.4, 0.5) is 5.82 Å². The molecule has 0 aromatic carbocycles. The average molecular weight is 264 g/mol. The number of carbonyl (C=O) groups is 1. The van der Waals surface area contributed by atoms with Crippen molar-refractivity contribution in [3.63, 3.8) is 0 Å². The maximum atomic E-state index is 11.9. The Morgan fingerprint density at radius 3 is 2.58 bits per heavy atom. The molecule has 0 atom stereocenters. The first-order valence-corrected chi connectivity index (χ1v) is 6.67. The van der Waals surface area contributed by atoms with E-state index in [-0.39, 0.29) is 12.4 Å². The third-order valence-corrected chi connectivity index (χ3v) is 3.01. The van der Waals surface area contributed by atoms with Crippen molar-refractivity contribution in [1.29, 1.82) is 0 Å². The van der Waals surface area contributed by atoms with Crippen molar-refractivity contribution in [2.75, 3.05) is 12.3 Å². The highest BCUT2D eigenvalue weighted by Crippen LogP contribution is 2.25. The molecule has 1 aromatic rings. The fraction of sp³-hybridized carbons (Fsp3) is 0.600. The molecule has 4 nitrogen and oxygen atoms in total. The molecule has 1 heterocycles. The van der Waals surface area contributed by atoms with Gasteiger partial charge in [-0.3, -0.25) is 4.79 Å². The Hall–Kier alpha value is -1.58. The number of pyridine rings is 1. The fourth-order valence-corrected chi connectivity index (χ4v) is 1.74. The van der Waals surface area contributed by atoms with Crippen molar-refractivity contribution in [3.8, 4) is 5.75 Å². The van der Waals surface area contributed by atoms with Crippen molar-refractivity contribution in [2.45, 2.75) is 47.5 Å². The molecular formula is C15H24N2O2. The fourth-order valence-electron chi connectivity index (χ4n) is 1.74. The molecule has 4 heteroatoms. The lowest BCUT2D eigenvalue weighted by Crippen LogP contribution is -2.26. The van der Waals surface area contributed by atoms with E-state index in [0.717, 1.165) is 24.1 Å². The van der Waals surface area contributed by atoms with Gasteiger partial charge in [0.15, 0.2) is 5.78 Å². The Bertz CT molecular complexity index is 462. The van der Waals surface area contributed by atoms with Gasteiger partial charge in [-0.2, -0.15) is 0 Å². The number of hydrogen-bond acceptors (Lipinski definition) is 4. The minimum atomic E-state index is -0.390. The standard InChI is InChI=1S/C15H24N2O2/c1-6-7-11-10(2)17-14(16)8-12(11)19-9-13(18)15(3,4)5/h8H,6-7,9H2,1-5H3,(H2,16,17). The summed E-state index contributed by atoms with van der Waals surface area (Å²) in [5.41, 5.74) is 7.27. The maximum Gasteiger partial charge on any atom is 0.175 e. The third-order valence-electron chi connectivity index (χ3n) is 3.01. The second-order valence-corrected chi connectivity index (χ2v) is 5.82. The molecule has 0 saturated heterocycles. The molecule has 19 heavy (non-hydrogen) atoms. The summed E-state index contributed by atoms with van der Waals surface area (Å²) in [6, 6.07) is 1.70. The number of nitrogens with zero attached hydrogens (tertiary/aromatic N) is 1. The predicted molar refractivity (Wildman–Crippen MR) is 77.3 cm³/mol. The Labute approximate surface area is 115 Å². The van der Waals surface area contributed by atoms with E-state index in [1.165, 1.54) is 0 Å². The van der Waals surface area contributed by atoms with Crippen molar-refractivity contribution in [3.05, 3.63) is 17.3 Å². The Balaban J connectivity index is 2.91. The van der Waals surface area contributed by atoms with Crippen LogP contribution in [0.25, 0.3) is 0 Å². The molecule has 0 amide bonds. The first kappa shape index (κ1) is 15.5. The topological polar surface area (TPSA) is 65.2 Å². The predicted octanol–water partition coefficient (Wildman–Crippen LogP) is 2.92. The summed E-state index contributed by atoms with van der Waals surface area (Å²) in [6.45, 7) is 9.75. The summed E-state index contributed by atoms with van der Waals surface area (Å²) < 4.78 is 5.67. The van der Waals surface area contributed by atoms with Crippen LogP contribution in [0, 0.1) is 12.3 Å². The summed E-state index contributed by atoms with van der Waals surface area (Å²) in [4.78, 5) is 16.1. The molecular weight excluding hydrogens is 240 g/mol. The van der Waals surface area contributed by atoms with E-state index in [1.54, 1.807) is 6.07 Å². The average Bonchev–Trinajstić information content (AvgIpc) is 2.28. The highest BCUT2D eigenvalue weighted by atomic mass is 16.5. The van der Waals surface area contributed by atoms with Crippen LogP contribution in [-0.2, 0) is 11.2 Å². The van der Waals surface area contributed by atoms with E-state index < -0.39 is 5.41 Å². The molecule has 0 bridgehead atoms. The van der Waals surface area contributed by atoms with Crippen LogP contribution in [0.2, 0.25) is 0 Å². The molecule has 0 unspecified atom stereocenters. The Kier molecular flexibility index (Phi) is 4.92. The van der Waals surface area contributed by atoms with Crippen LogP contribution >= 0.6 is 0 Å². The van der Waals surface area contributed by atoms with Gasteiger partial charge in [0.2, 0.25) is 0 Å². The van der Waals surface area contributed by atoms with Gasteiger partial charge in [0, 0.05) is 22.7 Å². The number of rotatable bonds is 5. The zero-order valence-electron chi connectivity index (χ0n) is 12.5. The SMILES string of the molecule is CCCc1c(OCC(=O)C(C)(C)C)cc(N)nc1C. The second-order valence-electron chi connectivity index (χ2n) is 5.82. The largest absolute Gasteiger partial charge is 0.485 e. The van der Waals surface area contributed by atoms with Crippen LogP contribution in [0.15, 0.2) is 6.07 Å². The lowest BCUT2D eigenvalue weighted by atomic mass is 9.91. The molecule has 0 fully saturated rings. The maximum absolute atomic E-state index is 11.9. The monoisotopic (exact) mass is 264 g/mol. The number of nitrogen functional groups attached to an aromatic ring is 1. The zero-order chi connectivity index (χ0) is 14.6. The van der Waals surface area contributed by atoms with E-state index in [1.807, 2.05) is 27.7 Å². The highest BCUT2D eigenvalue weighted by Gasteiger charge is 2.22. The van der Waals surface area contributed by atoms with Gasteiger partial charge in [-0.1, -0.05) is 34.1 Å². The van der Waals surface area contributed by atoms with Crippen molar-refractivity contribution < 1.29 is 9.53 Å². The molecule has 106 valence electrons. The minimum absolute atomic E-state index is 0.0722. The number of ketones is 1. The number of anilines is 1. The van der Waals surface area contributed by atoms with Gasteiger partial charge in [0.25, 0.3) is 0 Å². The van der Waals surface area contributed by atoms with Crippen LogP contribution in [-0.4, -0.2) is 17.4 Å². The van der Waals surface area contributed by atoms with E-state index >= 15 is 0 Å². The molecule has 1 aromatic heterocycles. The lowest BCUT2D eigenvalue weighted by Gasteiger charge is -2.18. The normalized spacial score (nSPS) is 11.4. The second kappa shape index (κ2) is 6.04. The molecule has 1 rings (SSSR count). The number of nitrogens with two attached hydrogens (primary N) is 1. The van der Waals surface area contributed by atoms with E-state index in [0.29, 0.717) is 11.6 Å². The van der Waals surface area contributed by atoms with Gasteiger partial charge in [0.05, 0.1) is 0 Å². The number of hydrogen-bond donors (Lipinski definition) is 1. The van der Waals surface area contributed by atoms with Gasteiger partial charge in [0.1, 0.15) is 18.2 Å². The van der Waals surface area contributed by atoms with Gasteiger partial charge < -0.3 is 10.5 Å². The smallest absolute Gasteiger partial charge is 0.175 e. The number of aromatic nitrogens is 1.